The van der Waals surface area contributed by atoms with Gasteiger partial charge in [-0.05, 0) is 12.8 Å². The average molecular weight is 236 g/mol. The van der Waals surface area contributed by atoms with Crippen molar-refractivity contribution in [2.75, 3.05) is 6.61 Å². The molecule has 0 saturated carbocycles. The number of hydrogen-bond donors (Lipinski definition) is 2. The molecule has 66 valence electrons. The molecule has 0 aromatic rings. The van der Waals surface area contributed by atoms with E-state index in [1.54, 1.807) is 0 Å². The molecule has 0 aliphatic rings. The molecule has 2 atom stereocenters. The molecular formula is C8H20O2Sr. The zero-order chi connectivity index (χ0) is 7.98. The van der Waals surface area contributed by atoms with Crippen LogP contribution < -0.4 is 0 Å². The van der Waals surface area contributed by atoms with E-state index in [1.807, 2.05) is 13.8 Å². The average Bonchev–Trinajstić information content (AvgIpc) is 1.91. The Kier molecular flexibility index (Phi) is 12.9. The SMILES string of the molecule is CCCC(O)C(CC)CO.[SrH2]. The fourth-order valence-corrected chi connectivity index (χ4v) is 1.05. The van der Waals surface area contributed by atoms with Crippen LogP contribution in [0.3, 0.4) is 0 Å². The Morgan fingerprint density at radius 1 is 1.27 bits per heavy atom. The Labute approximate surface area is 106 Å². The van der Waals surface area contributed by atoms with E-state index in [4.69, 9.17) is 5.11 Å². The van der Waals surface area contributed by atoms with Crippen molar-refractivity contribution in [1.82, 2.24) is 0 Å². The van der Waals surface area contributed by atoms with Crippen molar-refractivity contribution in [3.8, 4) is 0 Å². The monoisotopic (exact) mass is 236 g/mol. The number of hydrogen-bond acceptors (Lipinski definition) is 2. The predicted molar refractivity (Wildman–Crippen MR) is 50.3 cm³/mol. The van der Waals surface area contributed by atoms with Gasteiger partial charge < -0.3 is 10.2 Å². The summed E-state index contributed by atoms with van der Waals surface area (Å²) in [5, 5.41) is 18.1. The molecule has 2 unspecified atom stereocenters. The van der Waals surface area contributed by atoms with Crippen LogP contribution >= 0.6 is 0 Å². The van der Waals surface area contributed by atoms with Crippen molar-refractivity contribution in [1.29, 1.82) is 0 Å². The molecule has 0 fully saturated rings. The molecule has 0 bridgehead atoms. The van der Waals surface area contributed by atoms with Crippen LogP contribution in [0.1, 0.15) is 33.1 Å². The minimum absolute atomic E-state index is 0. The van der Waals surface area contributed by atoms with E-state index in [0.717, 1.165) is 19.3 Å². The molecule has 2 nitrogen and oxygen atoms in total. The number of aliphatic hydroxyl groups is 2. The summed E-state index contributed by atoms with van der Waals surface area (Å²) in [5.41, 5.74) is 0. The maximum atomic E-state index is 9.35. The second-order valence-corrected chi connectivity index (χ2v) is 2.71. The minimum atomic E-state index is -0.306. The Morgan fingerprint density at radius 2 is 1.82 bits per heavy atom. The van der Waals surface area contributed by atoms with Crippen LogP contribution in [0.5, 0.6) is 0 Å². The van der Waals surface area contributed by atoms with Gasteiger partial charge >= 0.3 is 45.5 Å². The third-order valence-electron chi connectivity index (χ3n) is 1.89. The summed E-state index contributed by atoms with van der Waals surface area (Å²) in [5.74, 6) is 0.0833. The molecule has 0 rings (SSSR count). The van der Waals surface area contributed by atoms with E-state index in [2.05, 4.69) is 0 Å². The summed E-state index contributed by atoms with van der Waals surface area (Å²) in [6, 6.07) is 0. The fourth-order valence-electron chi connectivity index (χ4n) is 1.05. The second kappa shape index (κ2) is 9.49. The third-order valence-corrected chi connectivity index (χ3v) is 1.89. The normalized spacial score (nSPS) is 15.3. The third kappa shape index (κ3) is 6.55. The first-order chi connectivity index (χ1) is 4.76. The van der Waals surface area contributed by atoms with Gasteiger partial charge in [-0.25, -0.2) is 0 Å². The summed E-state index contributed by atoms with van der Waals surface area (Å²) in [4.78, 5) is 0. The van der Waals surface area contributed by atoms with Crippen molar-refractivity contribution in [3.63, 3.8) is 0 Å². The van der Waals surface area contributed by atoms with Crippen LogP contribution in [0.15, 0.2) is 0 Å². The van der Waals surface area contributed by atoms with Crippen LogP contribution in [-0.2, 0) is 0 Å². The van der Waals surface area contributed by atoms with Crippen LogP contribution in [-0.4, -0.2) is 68.4 Å². The Balaban J connectivity index is 0. The molecular weight excluding hydrogens is 216 g/mol. The Bertz CT molecular complexity index is 74.5. The van der Waals surface area contributed by atoms with Crippen LogP contribution in [0.4, 0.5) is 0 Å². The van der Waals surface area contributed by atoms with E-state index < -0.39 is 0 Å². The molecule has 0 radical (unpaired) electrons. The molecule has 3 heteroatoms. The van der Waals surface area contributed by atoms with Crippen molar-refractivity contribution in [2.45, 2.75) is 39.2 Å². The van der Waals surface area contributed by atoms with Crippen LogP contribution in [0.2, 0.25) is 0 Å². The van der Waals surface area contributed by atoms with Crippen molar-refractivity contribution in [2.24, 2.45) is 5.92 Å². The molecule has 0 spiro atoms. The van der Waals surface area contributed by atoms with Crippen molar-refractivity contribution in [3.05, 3.63) is 0 Å². The van der Waals surface area contributed by atoms with Gasteiger partial charge in [0.2, 0.25) is 0 Å². The fraction of sp³-hybridized carbons (Fsp3) is 1.00. The second-order valence-electron chi connectivity index (χ2n) is 2.71. The van der Waals surface area contributed by atoms with Gasteiger partial charge in [0.15, 0.2) is 0 Å². The van der Waals surface area contributed by atoms with Gasteiger partial charge in [0.25, 0.3) is 0 Å². The van der Waals surface area contributed by atoms with Crippen molar-refractivity contribution >= 4 is 45.5 Å². The van der Waals surface area contributed by atoms with Crippen molar-refractivity contribution < 1.29 is 10.2 Å². The van der Waals surface area contributed by atoms with Crippen LogP contribution in [0, 0.1) is 5.92 Å². The van der Waals surface area contributed by atoms with Gasteiger partial charge in [-0.3, -0.25) is 0 Å². The standard InChI is InChI=1S/C8H18O2.Sr.2H/c1-3-5-8(10)7(4-2)6-9;;;/h7-10H,3-6H2,1-2H3;;;. The molecule has 0 aliphatic carbocycles. The van der Waals surface area contributed by atoms with Gasteiger partial charge in [-0.15, -0.1) is 0 Å². The molecule has 0 aromatic carbocycles. The first-order valence-corrected chi connectivity index (χ1v) is 4.05. The first kappa shape index (κ1) is 14.9. The van der Waals surface area contributed by atoms with E-state index >= 15 is 0 Å². The maximum absolute atomic E-state index is 9.35. The topological polar surface area (TPSA) is 40.5 Å². The van der Waals surface area contributed by atoms with Gasteiger partial charge in [0.05, 0.1) is 6.10 Å². The van der Waals surface area contributed by atoms with Gasteiger partial charge in [-0.1, -0.05) is 20.3 Å². The van der Waals surface area contributed by atoms with Crippen LogP contribution in [0.25, 0.3) is 0 Å². The van der Waals surface area contributed by atoms with E-state index in [0.29, 0.717) is 0 Å². The van der Waals surface area contributed by atoms with E-state index in [1.165, 1.54) is 0 Å². The molecule has 0 aliphatic heterocycles. The zero-order valence-electron chi connectivity index (χ0n) is 6.88. The van der Waals surface area contributed by atoms with E-state index in [-0.39, 0.29) is 64.1 Å². The van der Waals surface area contributed by atoms with Gasteiger partial charge in [-0.2, -0.15) is 0 Å². The molecule has 2 N–H and O–H groups in total. The molecule has 11 heavy (non-hydrogen) atoms. The van der Waals surface area contributed by atoms with Gasteiger partial charge in [0, 0.05) is 12.5 Å². The molecule has 0 saturated heterocycles. The summed E-state index contributed by atoms with van der Waals surface area (Å²) in [7, 11) is 0. The summed E-state index contributed by atoms with van der Waals surface area (Å²) in [6.07, 6.45) is 2.34. The Hall–Kier alpha value is 1.40. The predicted octanol–water partition coefficient (Wildman–Crippen LogP) is 0.250. The number of aliphatic hydroxyl groups excluding tert-OH is 2. The summed E-state index contributed by atoms with van der Waals surface area (Å²) >= 11 is 0. The zero-order valence-corrected chi connectivity index (χ0v) is 6.88. The quantitative estimate of drug-likeness (QED) is 0.671. The summed E-state index contributed by atoms with van der Waals surface area (Å²) in [6.45, 7) is 4.13. The first-order valence-electron chi connectivity index (χ1n) is 4.05. The summed E-state index contributed by atoms with van der Waals surface area (Å²) < 4.78 is 0. The molecule has 0 heterocycles. The molecule has 0 amide bonds. The van der Waals surface area contributed by atoms with E-state index in [9.17, 15) is 5.11 Å². The Morgan fingerprint density at radius 3 is 2.09 bits per heavy atom. The van der Waals surface area contributed by atoms with Gasteiger partial charge in [0.1, 0.15) is 0 Å². The number of rotatable bonds is 5. The molecule has 0 aromatic heterocycles.